The summed E-state index contributed by atoms with van der Waals surface area (Å²) < 4.78 is 11.4. The molecule has 3 unspecified atom stereocenters. The van der Waals surface area contributed by atoms with Crippen molar-refractivity contribution >= 4 is 11.9 Å². The van der Waals surface area contributed by atoms with Crippen LogP contribution in [0.5, 0.6) is 0 Å². The van der Waals surface area contributed by atoms with Crippen molar-refractivity contribution in [1.82, 2.24) is 0 Å². The molecule has 0 radical (unpaired) electrons. The number of fused-ring (bicyclic) bond motifs is 5. The summed E-state index contributed by atoms with van der Waals surface area (Å²) in [5.41, 5.74) is 1.73. The molecule has 0 aliphatic heterocycles. The molecule has 0 aromatic carbocycles. The zero-order valence-corrected chi connectivity index (χ0v) is 18.4. The molecule has 4 aliphatic rings. The van der Waals surface area contributed by atoms with Gasteiger partial charge in [0.2, 0.25) is 0 Å². The van der Waals surface area contributed by atoms with Gasteiger partial charge >= 0.3 is 11.9 Å². The second kappa shape index (κ2) is 7.59. The fourth-order valence-corrected chi connectivity index (χ4v) is 7.62. The maximum Gasteiger partial charge on any atom is 0.302 e. The van der Waals surface area contributed by atoms with Crippen molar-refractivity contribution < 1.29 is 19.1 Å². The number of hydrogen-bond donors (Lipinski definition) is 0. The van der Waals surface area contributed by atoms with E-state index in [9.17, 15) is 9.59 Å². The minimum atomic E-state index is -0.168. The standard InChI is InChI=1S/C25H36O4/c1-5-12-25-14-10-19(28-16(2)26)15-18(25)6-7-20-21-8-9-23(29-17(3)27)24(21,4)13-11-22(20)25/h5-6,12,19-23H,7-11,13-15H2,1-4H3/t19-,20?,21?,22?,23-,24-,25-/m0/s1. The summed E-state index contributed by atoms with van der Waals surface area (Å²) in [5.74, 6) is 1.61. The van der Waals surface area contributed by atoms with Gasteiger partial charge in [0, 0.05) is 31.1 Å². The molecule has 4 rings (SSSR count). The molecule has 0 spiro atoms. The lowest BCUT2D eigenvalue weighted by molar-refractivity contribution is -0.156. The van der Waals surface area contributed by atoms with Crippen LogP contribution in [0.1, 0.15) is 79.1 Å². The summed E-state index contributed by atoms with van der Waals surface area (Å²) in [6.45, 7) is 7.56. The topological polar surface area (TPSA) is 52.6 Å². The number of carbonyl (C=O) groups is 2. The number of rotatable bonds is 3. The molecule has 0 N–H and O–H groups in total. The highest BCUT2D eigenvalue weighted by molar-refractivity contribution is 5.66. The Bertz CT molecular complexity index is 737. The second-order valence-corrected chi connectivity index (χ2v) is 10.1. The van der Waals surface area contributed by atoms with E-state index in [0.717, 1.165) is 38.5 Å². The lowest BCUT2D eigenvalue weighted by Gasteiger charge is -2.58. The van der Waals surface area contributed by atoms with Crippen LogP contribution in [0.3, 0.4) is 0 Å². The monoisotopic (exact) mass is 400 g/mol. The van der Waals surface area contributed by atoms with Crippen molar-refractivity contribution in [2.24, 2.45) is 28.6 Å². The number of ether oxygens (including phenoxy) is 2. The summed E-state index contributed by atoms with van der Waals surface area (Å²) >= 11 is 0. The van der Waals surface area contributed by atoms with Crippen molar-refractivity contribution in [3.63, 3.8) is 0 Å². The third-order valence-electron chi connectivity index (χ3n) is 8.68. The first-order chi connectivity index (χ1) is 13.8. The predicted octanol–water partition coefficient (Wildman–Crippen LogP) is 5.37. The van der Waals surface area contributed by atoms with Crippen LogP contribution in [-0.4, -0.2) is 24.1 Å². The van der Waals surface area contributed by atoms with Crippen LogP contribution >= 0.6 is 0 Å². The van der Waals surface area contributed by atoms with E-state index in [1.165, 1.54) is 25.3 Å². The van der Waals surface area contributed by atoms with E-state index >= 15 is 0 Å². The van der Waals surface area contributed by atoms with Crippen molar-refractivity contribution in [3.05, 3.63) is 23.8 Å². The summed E-state index contributed by atoms with van der Waals surface area (Å²) in [5, 5.41) is 0. The molecule has 29 heavy (non-hydrogen) atoms. The molecule has 7 atom stereocenters. The van der Waals surface area contributed by atoms with Crippen molar-refractivity contribution in [2.75, 3.05) is 0 Å². The van der Waals surface area contributed by atoms with Crippen LogP contribution in [0.4, 0.5) is 0 Å². The highest BCUT2D eigenvalue weighted by Crippen LogP contribution is 2.65. The van der Waals surface area contributed by atoms with Crippen LogP contribution < -0.4 is 0 Å². The lowest BCUT2D eigenvalue weighted by atomic mass is 9.47. The molecular formula is C25H36O4. The third-order valence-corrected chi connectivity index (χ3v) is 8.68. The van der Waals surface area contributed by atoms with Gasteiger partial charge in [-0.15, -0.1) is 0 Å². The summed E-state index contributed by atoms with van der Waals surface area (Å²) in [6.07, 6.45) is 15.8. The van der Waals surface area contributed by atoms with Gasteiger partial charge in [0.05, 0.1) is 0 Å². The number of esters is 2. The van der Waals surface area contributed by atoms with Crippen LogP contribution in [0.15, 0.2) is 23.8 Å². The smallest absolute Gasteiger partial charge is 0.302 e. The van der Waals surface area contributed by atoms with Gasteiger partial charge in [0.1, 0.15) is 12.2 Å². The van der Waals surface area contributed by atoms with Crippen molar-refractivity contribution in [3.8, 4) is 0 Å². The fraction of sp³-hybridized carbons (Fsp3) is 0.760. The fourth-order valence-electron chi connectivity index (χ4n) is 7.62. The number of allylic oxidation sites excluding steroid dienone is 3. The molecule has 4 nitrogen and oxygen atoms in total. The Labute approximate surface area is 175 Å². The highest BCUT2D eigenvalue weighted by atomic mass is 16.5. The SMILES string of the molecule is CC=C[C@]12CC[C@H](OC(C)=O)CC1=CCC1C2CC[C@@]2(C)C1CC[C@@H]2OC(C)=O. The zero-order chi connectivity index (χ0) is 20.8. The molecule has 0 heterocycles. The quantitative estimate of drug-likeness (QED) is 0.472. The normalized spacial score (nSPS) is 43.7. The molecule has 0 aromatic rings. The molecule has 160 valence electrons. The van der Waals surface area contributed by atoms with Crippen LogP contribution in [0.25, 0.3) is 0 Å². The predicted molar refractivity (Wildman–Crippen MR) is 112 cm³/mol. The highest BCUT2D eigenvalue weighted by Gasteiger charge is 2.60. The summed E-state index contributed by atoms with van der Waals surface area (Å²) in [6, 6.07) is 0. The summed E-state index contributed by atoms with van der Waals surface area (Å²) in [4.78, 5) is 23.1. The molecular weight excluding hydrogens is 364 g/mol. The largest absolute Gasteiger partial charge is 0.462 e. The van der Waals surface area contributed by atoms with Gasteiger partial charge in [-0.25, -0.2) is 0 Å². The van der Waals surface area contributed by atoms with E-state index in [4.69, 9.17) is 9.47 Å². The van der Waals surface area contributed by atoms with Crippen LogP contribution in [0.2, 0.25) is 0 Å². The van der Waals surface area contributed by atoms with E-state index in [1.807, 2.05) is 0 Å². The Morgan fingerprint density at radius 1 is 1.03 bits per heavy atom. The van der Waals surface area contributed by atoms with E-state index in [0.29, 0.717) is 17.8 Å². The Balaban J connectivity index is 1.62. The Morgan fingerprint density at radius 2 is 1.79 bits per heavy atom. The molecule has 0 aromatic heterocycles. The second-order valence-electron chi connectivity index (χ2n) is 10.1. The minimum absolute atomic E-state index is 0.0300. The van der Waals surface area contributed by atoms with Crippen molar-refractivity contribution in [1.29, 1.82) is 0 Å². The lowest BCUT2D eigenvalue weighted by Crippen LogP contribution is -2.52. The average molecular weight is 401 g/mol. The van der Waals surface area contributed by atoms with Crippen molar-refractivity contribution in [2.45, 2.75) is 91.3 Å². The van der Waals surface area contributed by atoms with Crippen LogP contribution in [0, 0.1) is 28.6 Å². The van der Waals surface area contributed by atoms with E-state index in [1.54, 1.807) is 6.92 Å². The number of hydrogen-bond acceptors (Lipinski definition) is 4. The van der Waals surface area contributed by atoms with Gasteiger partial charge in [0.15, 0.2) is 0 Å². The van der Waals surface area contributed by atoms with Gasteiger partial charge in [0.25, 0.3) is 0 Å². The molecule has 4 aliphatic carbocycles. The van der Waals surface area contributed by atoms with Gasteiger partial charge in [-0.3, -0.25) is 9.59 Å². The summed E-state index contributed by atoms with van der Waals surface area (Å²) in [7, 11) is 0. The molecule has 0 saturated heterocycles. The molecule has 0 amide bonds. The van der Waals surface area contributed by atoms with E-state index in [-0.39, 0.29) is 35.0 Å². The van der Waals surface area contributed by atoms with Gasteiger partial charge in [-0.1, -0.05) is 30.7 Å². The third kappa shape index (κ3) is 3.37. The Kier molecular flexibility index (Phi) is 5.41. The van der Waals surface area contributed by atoms with Crippen LogP contribution in [-0.2, 0) is 19.1 Å². The molecule has 3 saturated carbocycles. The van der Waals surface area contributed by atoms with E-state index < -0.39 is 0 Å². The maximum atomic E-state index is 11.7. The first kappa shape index (κ1) is 20.7. The first-order valence-corrected chi connectivity index (χ1v) is 11.5. The average Bonchev–Trinajstić information content (AvgIpc) is 2.97. The Hall–Kier alpha value is -1.58. The number of carbonyl (C=O) groups excluding carboxylic acids is 2. The van der Waals surface area contributed by atoms with E-state index in [2.05, 4.69) is 32.1 Å². The molecule has 4 heteroatoms. The van der Waals surface area contributed by atoms with Gasteiger partial charge < -0.3 is 9.47 Å². The van der Waals surface area contributed by atoms with Gasteiger partial charge in [-0.05, 0) is 69.6 Å². The molecule has 3 fully saturated rings. The zero-order valence-electron chi connectivity index (χ0n) is 18.4. The Morgan fingerprint density at radius 3 is 2.48 bits per heavy atom. The first-order valence-electron chi connectivity index (χ1n) is 11.5. The molecule has 0 bridgehead atoms. The minimum Gasteiger partial charge on any atom is -0.462 e. The van der Waals surface area contributed by atoms with Gasteiger partial charge in [-0.2, -0.15) is 0 Å². The maximum absolute atomic E-state index is 11.7.